The molecule has 0 spiro atoms. The summed E-state index contributed by atoms with van der Waals surface area (Å²) in [6, 6.07) is 15.0. The van der Waals surface area contributed by atoms with Gasteiger partial charge in [-0.1, -0.05) is 6.07 Å². The summed E-state index contributed by atoms with van der Waals surface area (Å²) in [5, 5.41) is 17.9. The Hall–Kier alpha value is -3.94. The molecule has 0 amide bonds. The second kappa shape index (κ2) is 10.6. The molecule has 160 valence electrons. The van der Waals surface area contributed by atoms with E-state index >= 15 is 0 Å². The highest BCUT2D eigenvalue weighted by Gasteiger charge is 2.03. The van der Waals surface area contributed by atoms with Gasteiger partial charge in [-0.3, -0.25) is 0 Å². The first kappa shape index (κ1) is 22.4. The zero-order valence-corrected chi connectivity index (χ0v) is 16.8. The summed E-state index contributed by atoms with van der Waals surface area (Å²) in [5.74, 6) is 1.51. The van der Waals surface area contributed by atoms with E-state index < -0.39 is 0 Å². The largest absolute Gasteiger partial charge is 0.508 e. The quantitative estimate of drug-likeness (QED) is 0.265. The molecule has 3 rings (SSSR count). The van der Waals surface area contributed by atoms with Gasteiger partial charge in [-0.15, -0.1) is 0 Å². The fourth-order valence-corrected chi connectivity index (χ4v) is 2.43. The van der Waals surface area contributed by atoms with Crippen LogP contribution in [0.2, 0.25) is 0 Å². The molecule has 10 N–H and O–H groups in total. The summed E-state index contributed by atoms with van der Waals surface area (Å²) in [6.45, 7) is 2.64. The average Bonchev–Trinajstić information content (AvgIpc) is 2.69. The molecule has 8 nitrogen and oxygen atoms in total. The van der Waals surface area contributed by atoms with Crippen molar-refractivity contribution in [2.45, 2.75) is 13.3 Å². The molecule has 8 heteroatoms. The maximum absolute atomic E-state index is 8.94. The number of hydrogen-bond donors (Lipinski definition) is 6. The van der Waals surface area contributed by atoms with Crippen molar-refractivity contribution < 1.29 is 19.7 Å². The highest BCUT2D eigenvalue weighted by atomic mass is 16.5. The fraction of sp³-hybridized carbons (Fsp3) is 0.182. The third-order valence-corrected chi connectivity index (χ3v) is 4.15. The lowest BCUT2D eigenvalue weighted by Crippen LogP contribution is -2.07. The highest BCUT2D eigenvalue weighted by molar-refractivity contribution is 5.61. The number of rotatable bonds is 6. The molecular formula is C22H28N4O4. The number of benzene rings is 3. The molecule has 3 aromatic carbocycles. The van der Waals surface area contributed by atoms with E-state index in [0.717, 1.165) is 0 Å². The lowest BCUT2D eigenvalue weighted by Gasteiger charge is -2.11. The Labute approximate surface area is 175 Å². The van der Waals surface area contributed by atoms with Gasteiger partial charge in [0, 0.05) is 23.4 Å². The van der Waals surface area contributed by atoms with Gasteiger partial charge < -0.3 is 42.6 Å². The SMILES string of the molecule is Cc1c(O)cccc1O.Nc1ccc(OCCCOc2ccc(N)cc2N)c(N)c1. The van der Waals surface area contributed by atoms with Crippen LogP contribution in [0.1, 0.15) is 12.0 Å². The van der Waals surface area contributed by atoms with Gasteiger partial charge in [0.1, 0.15) is 23.0 Å². The third kappa shape index (κ3) is 6.59. The maximum atomic E-state index is 8.94. The standard InChI is InChI=1S/C15H20N4O2.C7H8O2/c16-10-2-4-14(12(18)8-10)20-6-1-7-21-15-5-3-11(17)9-13(15)19;1-5-6(8)3-2-4-7(5)9/h2-5,8-9H,1,6-7,16-19H2;2-4,8-9H,1H3. The van der Waals surface area contributed by atoms with Crippen LogP contribution in [0.3, 0.4) is 0 Å². The van der Waals surface area contributed by atoms with Crippen molar-refractivity contribution in [3.8, 4) is 23.0 Å². The smallest absolute Gasteiger partial charge is 0.142 e. The number of anilines is 4. The first-order chi connectivity index (χ1) is 14.3. The van der Waals surface area contributed by atoms with E-state index in [1.54, 1.807) is 49.4 Å². The molecule has 30 heavy (non-hydrogen) atoms. The molecule has 0 fully saturated rings. The van der Waals surface area contributed by atoms with Crippen LogP contribution in [0, 0.1) is 6.92 Å². The van der Waals surface area contributed by atoms with Crippen LogP contribution < -0.4 is 32.4 Å². The Kier molecular flexibility index (Phi) is 7.87. The van der Waals surface area contributed by atoms with Crippen LogP contribution in [0.5, 0.6) is 23.0 Å². The molecule has 0 saturated carbocycles. The minimum atomic E-state index is 0.134. The molecule has 3 aromatic rings. The summed E-state index contributed by atoms with van der Waals surface area (Å²) in [6.07, 6.45) is 0.702. The molecule has 0 radical (unpaired) electrons. The van der Waals surface area contributed by atoms with E-state index in [-0.39, 0.29) is 11.5 Å². The average molecular weight is 412 g/mol. The molecule has 0 heterocycles. The number of phenolic OH excluding ortho intramolecular Hbond substituents is 2. The van der Waals surface area contributed by atoms with E-state index in [1.807, 2.05) is 0 Å². The number of hydrogen-bond acceptors (Lipinski definition) is 8. The summed E-state index contributed by atoms with van der Waals surface area (Å²) < 4.78 is 11.1. The van der Waals surface area contributed by atoms with Gasteiger partial charge in [0.15, 0.2) is 0 Å². The van der Waals surface area contributed by atoms with Crippen LogP contribution in [0.4, 0.5) is 22.7 Å². The lowest BCUT2D eigenvalue weighted by atomic mass is 10.2. The van der Waals surface area contributed by atoms with Crippen LogP contribution in [-0.2, 0) is 0 Å². The second-order valence-corrected chi connectivity index (χ2v) is 6.57. The Morgan fingerprint density at radius 2 is 1.13 bits per heavy atom. The molecule has 0 aliphatic rings. The van der Waals surface area contributed by atoms with Crippen LogP contribution in [-0.4, -0.2) is 23.4 Å². The minimum Gasteiger partial charge on any atom is -0.508 e. The monoisotopic (exact) mass is 412 g/mol. The van der Waals surface area contributed by atoms with Crippen molar-refractivity contribution in [1.29, 1.82) is 0 Å². The third-order valence-electron chi connectivity index (χ3n) is 4.15. The van der Waals surface area contributed by atoms with Gasteiger partial charge in [0.2, 0.25) is 0 Å². The molecular weight excluding hydrogens is 384 g/mol. The number of nitrogens with two attached hydrogens (primary N) is 4. The van der Waals surface area contributed by atoms with E-state index in [9.17, 15) is 0 Å². The second-order valence-electron chi connectivity index (χ2n) is 6.57. The highest BCUT2D eigenvalue weighted by Crippen LogP contribution is 2.25. The molecule has 0 aromatic heterocycles. The van der Waals surface area contributed by atoms with Crippen molar-refractivity contribution in [1.82, 2.24) is 0 Å². The van der Waals surface area contributed by atoms with Gasteiger partial charge in [-0.25, -0.2) is 0 Å². The molecule has 0 aliphatic heterocycles. The molecule has 0 bridgehead atoms. The fourth-order valence-electron chi connectivity index (χ4n) is 2.43. The van der Waals surface area contributed by atoms with E-state index in [1.165, 1.54) is 12.1 Å². The summed E-state index contributed by atoms with van der Waals surface area (Å²) >= 11 is 0. The lowest BCUT2D eigenvalue weighted by molar-refractivity contribution is 0.249. The predicted octanol–water partition coefficient (Wildman–Crippen LogP) is 3.27. The zero-order valence-electron chi connectivity index (χ0n) is 16.8. The number of nitrogen functional groups attached to an aromatic ring is 4. The summed E-state index contributed by atoms with van der Waals surface area (Å²) in [7, 11) is 0. The molecule has 0 saturated heterocycles. The van der Waals surface area contributed by atoms with Gasteiger partial charge >= 0.3 is 0 Å². The predicted molar refractivity (Wildman–Crippen MR) is 121 cm³/mol. The Morgan fingerprint density at radius 1 is 0.700 bits per heavy atom. The minimum absolute atomic E-state index is 0.134. The maximum Gasteiger partial charge on any atom is 0.142 e. The van der Waals surface area contributed by atoms with Gasteiger partial charge in [-0.05, 0) is 55.5 Å². The van der Waals surface area contributed by atoms with Gasteiger partial charge in [0.05, 0.1) is 24.6 Å². The molecule has 0 unspecified atom stereocenters. The van der Waals surface area contributed by atoms with E-state index in [2.05, 4.69) is 0 Å². The normalized spacial score (nSPS) is 10.0. The van der Waals surface area contributed by atoms with E-state index in [4.69, 9.17) is 42.6 Å². The van der Waals surface area contributed by atoms with Crippen molar-refractivity contribution >= 4 is 22.7 Å². The summed E-state index contributed by atoms with van der Waals surface area (Å²) in [5.41, 5.74) is 25.6. The Bertz CT molecular complexity index is 906. The molecule has 0 aliphatic carbocycles. The number of ether oxygens (including phenoxy) is 2. The van der Waals surface area contributed by atoms with E-state index in [0.29, 0.717) is 59.4 Å². The van der Waals surface area contributed by atoms with Crippen molar-refractivity contribution in [3.63, 3.8) is 0 Å². The van der Waals surface area contributed by atoms with Crippen LogP contribution in [0.25, 0.3) is 0 Å². The summed E-state index contributed by atoms with van der Waals surface area (Å²) in [4.78, 5) is 0. The Morgan fingerprint density at radius 3 is 1.50 bits per heavy atom. The van der Waals surface area contributed by atoms with Crippen molar-refractivity contribution in [3.05, 3.63) is 60.2 Å². The van der Waals surface area contributed by atoms with Crippen molar-refractivity contribution in [2.24, 2.45) is 0 Å². The topological polar surface area (TPSA) is 163 Å². The van der Waals surface area contributed by atoms with Crippen LogP contribution >= 0.6 is 0 Å². The Balaban J connectivity index is 0.000000297. The number of aromatic hydroxyl groups is 2. The van der Waals surface area contributed by atoms with Crippen LogP contribution in [0.15, 0.2) is 54.6 Å². The number of phenols is 2. The first-order valence-electron chi connectivity index (χ1n) is 9.31. The molecule has 0 atom stereocenters. The first-order valence-corrected chi connectivity index (χ1v) is 9.31. The van der Waals surface area contributed by atoms with Gasteiger partial charge in [-0.2, -0.15) is 0 Å². The zero-order chi connectivity index (χ0) is 22.1. The van der Waals surface area contributed by atoms with Crippen molar-refractivity contribution in [2.75, 3.05) is 36.1 Å². The van der Waals surface area contributed by atoms with Gasteiger partial charge in [0.25, 0.3) is 0 Å².